The number of tetrazole rings is 1. The molecule has 144 valence electrons. The molecule has 1 aliphatic rings. The van der Waals surface area contributed by atoms with E-state index in [-0.39, 0.29) is 11.7 Å². The topological polar surface area (TPSA) is 115 Å². The second-order valence-electron chi connectivity index (χ2n) is 6.69. The third-order valence-electron chi connectivity index (χ3n) is 4.78. The Balaban J connectivity index is 1.51. The maximum Gasteiger partial charge on any atom is 0.235 e. The molecule has 28 heavy (non-hydrogen) atoms. The molecule has 0 aliphatic heterocycles. The van der Waals surface area contributed by atoms with Crippen molar-refractivity contribution in [3.63, 3.8) is 0 Å². The van der Waals surface area contributed by atoms with Crippen molar-refractivity contribution in [2.24, 2.45) is 0 Å². The van der Waals surface area contributed by atoms with Crippen molar-refractivity contribution in [1.29, 1.82) is 5.26 Å². The molecular formula is C18H19N7O2S. The molecule has 9 nitrogen and oxygen atoms in total. The highest BCUT2D eigenvalue weighted by Gasteiger charge is 2.28. The number of nitrogens with one attached hydrogen (secondary N) is 1. The first kappa shape index (κ1) is 18.3. The average Bonchev–Trinajstić information content (AvgIpc) is 3.12. The number of nitriles is 1. The van der Waals surface area contributed by atoms with Crippen LogP contribution in [0.25, 0.3) is 0 Å². The molecule has 0 spiro atoms. The van der Waals surface area contributed by atoms with Crippen molar-refractivity contribution < 1.29 is 9.21 Å². The van der Waals surface area contributed by atoms with E-state index in [1.54, 1.807) is 10.9 Å². The zero-order valence-electron chi connectivity index (χ0n) is 15.5. The fourth-order valence-corrected chi connectivity index (χ4v) is 3.76. The molecule has 1 amide bonds. The molecule has 10 heteroatoms. The highest BCUT2D eigenvalue weighted by Crippen LogP contribution is 2.36. The molecule has 1 aliphatic carbocycles. The summed E-state index contributed by atoms with van der Waals surface area (Å²) in [6, 6.07) is 6.22. The summed E-state index contributed by atoms with van der Waals surface area (Å²) in [7, 11) is 0. The lowest BCUT2D eigenvalue weighted by molar-refractivity contribution is -0.113. The van der Waals surface area contributed by atoms with Crippen molar-refractivity contribution in [2.75, 3.05) is 11.1 Å². The molecule has 0 unspecified atom stereocenters. The lowest BCUT2D eigenvalue weighted by atomic mass is 10.2. The van der Waals surface area contributed by atoms with Gasteiger partial charge in [-0.05, 0) is 54.8 Å². The summed E-state index contributed by atoms with van der Waals surface area (Å²) in [6.45, 7) is 4.23. The van der Waals surface area contributed by atoms with Crippen LogP contribution in [-0.4, -0.2) is 36.4 Å². The van der Waals surface area contributed by atoms with E-state index in [1.165, 1.54) is 11.8 Å². The van der Waals surface area contributed by atoms with Gasteiger partial charge in [-0.1, -0.05) is 11.8 Å². The molecule has 0 atom stereocenters. The van der Waals surface area contributed by atoms with Crippen LogP contribution in [0.2, 0.25) is 0 Å². The standard InChI is InChI=1S/C18H19N7O2S/c1-11-12(2)24(9-14-4-3-7-27-14)17(15(11)8-19)20-16(26)10-28-18-21-22-23-25(18)13-5-6-13/h3-4,7,13H,5-6,9-10H2,1-2H3,(H,20,26). The summed E-state index contributed by atoms with van der Waals surface area (Å²) < 4.78 is 9.09. The Morgan fingerprint density at radius 1 is 1.46 bits per heavy atom. The average molecular weight is 397 g/mol. The van der Waals surface area contributed by atoms with Crippen LogP contribution in [-0.2, 0) is 11.3 Å². The second kappa shape index (κ2) is 7.52. The van der Waals surface area contributed by atoms with Gasteiger partial charge < -0.3 is 14.3 Å². The zero-order chi connectivity index (χ0) is 19.7. The lowest BCUT2D eigenvalue weighted by Gasteiger charge is -2.12. The van der Waals surface area contributed by atoms with Crippen LogP contribution >= 0.6 is 11.8 Å². The number of nitrogens with zero attached hydrogens (tertiary/aromatic N) is 6. The van der Waals surface area contributed by atoms with Crippen LogP contribution in [0.3, 0.4) is 0 Å². The molecule has 1 N–H and O–H groups in total. The van der Waals surface area contributed by atoms with E-state index < -0.39 is 0 Å². The van der Waals surface area contributed by atoms with Crippen LogP contribution in [0, 0.1) is 25.2 Å². The van der Waals surface area contributed by atoms with Gasteiger partial charge in [-0.15, -0.1) is 5.10 Å². The number of furan rings is 1. The molecule has 0 bridgehead atoms. The van der Waals surface area contributed by atoms with Gasteiger partial charge in [-0.25, -0.2) is 4.68 Å². The van der Waals surface area contributed by atoms with Crippen LogP contribution < -0.4 is 5.32 Å². The quantitative estimate of drug-likeness (QED) is 0.610. The van der Waals surface area contributed by atoms with E-state index in [2.05, 4.69) is 26.9 Å². The Hall–Kier alpha value is -3.06. The van der Waals surface area contributed by atoms with Crippen molar-refractivity contribution in [3.05, 3.63) is 41.0 Å². The number of hydrogen-bond acceptors (Lipinski definition) is 7. The van der Waals surface area contributed by atoms with Crippen molar-refractivity contribution in [1.82, 2.24) is 24.8 Å². The number of aromatic nitrogens is 5. The van der Waals surface area contributed by atoms with Gasteiger partial charge in [0.15, 0.2) is 0 Å². The minimum Gasteiger partial charge on any atom is -0.467 e. The first-order valence-electron chi connectivity index (χ1n) is 8.91. The van der Waals surface area contributed by atoms with Gasteiger partial charge in [0.1, 0.15) is 17.6 Å². The van der Waals surface area contributed by atoms with Crippen LogP contribution in [0.15, 0.2) is 28.0 Å². The molecule has 3 heterocycles. The van der Waals surface area contributed by atoms with Gasteiger partial charge in [-0.3, -0.25) is 4.79 Å². The fourth-order valence-electron chi connectivity index (χ4n) is 3.01. The minimum absolute atomic E-state index is 0.155. The van der Waals surface area contributed by atoms with Gasteiger partial charge >= 0.3 is 0 Å². The summed E-state index contributed by atoms with van der Waals surface area (Å²) in [5.41, 5.74) is 2.22. The van der Waals surface area contributed by atoms with Gasteiger partial charge in [0.25, 0.3) is 0 Å². The van der Waals surface area contributed by atoms with Crippen molar-refractivity contribution in [3.8, 4) is 6.07 Å². The first-order chi connectivity index (χ1) is 13.6. The second-order valence-corrected chi connectivity index (χ2v) is 7.63. The number of amides is 1. The van der Waals surface area contributed by atoms with Crippen molar-refractivity contribution in [2.45, 2.75) is 44.4 Å². The predicted octanol–water partition coefficient (Wildman–Crippen LogP) is 2.67. The Morgan fingerprint density at radius 3 is 2.96 bits per heavy atom. The molecule has 1 fully saturated rings. The number of rotatable bonds is 7. The Kier molecular flexibility index (Phi) is 4.92. The summed E-state index contributed by atoms with van der Waals surface area (Å²) in [6.07, 6.45) is 3.73. The van der Waals surface area contributed by atoms with Gasteiger partial charge in [0.05, 0.1) is 30.2 Å². The monoisotopic (exact) mass is 397 g/mol. The third-order valence-corrected chi connectivity index (χ3v) is 5.71. The van der Waals surface area contributed by atoms with E-state index in [0.717, 1.165) is 29.9 Å². The molecule has 3 aromatic rings. The molecule has 0 aromatic carbocycles. The molecule has 0 saturated heterocycles. The largest absolute Gasteiger partial charge is 0.467 e. The van der Waals surface area contributed by atoms with Crippen LogP contribution in [0.5, 0.6) is 0 Å². The van der Waals surface area contributed by atoms with Gasteiger partial charge in [0, 0.05) is 5.69 Å². The summed E-state index contributed by atoms with van der Waals surface area (Å²) in [4.78, 5) is 12.6. The number of carbonyl (C=O) groups excluding carboxylic acids is 1. The lowest BCUT2D eigenvalue weighted by Crippen LogP contribution is -2.19. The number of hydrogen-bond donors (Lipinski definition) is 1. The molecule has 3 aromatic heterocycles. The highest BCUT2D eigenvalue weighted by atomic mass is 32.2. The predicted molar refractivity (Wildman–Crippen MR) is 102 cm³/mol. The number of anilines is 1. The summed E-state index contributed by atoms with van der Waals surface area (Å²) >= 11 is 1.29. The fraction of sp³-hybridized carbons (Fsp3) is 0.389. The zero-order valence-corrected chi connectivity index (χ0v) is 16.4. The smallest absolute Gasteiger partial charge is 0.235 e. The van der Waals surface area contributed by atoms with E-state index in [9.17, 15) is 10.1 Å². The Morgan fingerprint density at radius 2 is 2.29 bits per heavy atom. The summed E-state index contributed by atoms with van der Waals surface area (Å²) in [5, 5.41) is 24.8. The maximum atomic E-state index is 12.6. The van der Waals surface area contributed by atoms with Crippen LogP contribution in [0.4, 0.5) is 5.82 Å². The highest BCUT2D eigenvalue weighted by molar-refractivity contribution is 7.99. The SMILES string of the molecule is Cc1c(C#N)c(NC(=O)CSc2nnnn2C2CC2)n(Cc2ccco2)c1C. The summed E-state index contributed by atoms with van der Waals surface area (Å²) in [5.74, 6) is 1.17. The van der Waals surface area contributed by atoms with Gasteiger partial charge in [-0.2, -0.15) is 5.26 Å². The maximum absolute atomic E-state index is 12.6. The normalized spacial score (nSPS) is 13.5. The molecular weight excluding hydrogens is 378 g/mol. The van der Waals surface area contributed by atoms with Gasteiger partial charge in [0.2, 0.25) is 11.1 Å². The Bertz CT molecular complexity index is 1040. The molecule has 4 rings (SSSR count). The third kappa shape index (κ3) is 3.53. The van der Waals surface area contributed by atoms with E-state index in [0.29, 0.717) is 29.1 Å². The minimum atomic E-state index is -0.218. The molecule has 0 radical (unpaired) electrons. The van der Waals surface area contributed by atoms with E-state index in [1.807, 2.05) is 30.5 Å². The molecule has 1 saturated carbocycles. The van der Waals surface area contributed by atoms with Crippen LogP contribution in [0.1, 0.15) is 41.5 Å². The van der Waals surface area contributed by atoms with E-state index >= 15 is 0 Å². The van der Waals surface area contributed by atoms with Crippen molar-refractivity contribution >= 4 is 23.5 Å². The van der Waals surface area contributed by atoms with E-state index in [4.69, 9.17) is 4.42 Å². The first-order valence-corrected chi connectivity index (χ1v) is 9.89. The Labute approximate surface area is 165 Å². The number of carbonyl (C=O) groups is 1. The number of thioether (sulfide) groups is 1.